The lowest BCUT2D eigenvalue weighted by Gasteiger charge is -2.13. The van der Waals surface area contributed by atoms with Crippen LogP contribution in [0.1, 0.15) is 23.6 Å². The normalized spacial score (nSPS) is 11.0. The Labute approximate surface area is 178 Å². The second kappa shape index (κ2) is 12.4. The first-order chi connectivity index (χ1) is 14.5. The smallest absolute Gasteiger partial charge is 0.242 e. The van der Waals surface area contributed by atoms with E-state index in [4.69, 9.17) is 9.47 Å². The number of benzene rings is 2. The molecule has 2 aromatic rings. The van der Waals surface area contributed by atoms with E-state index >= 15 is 0 Å². The van der Waals surface area contributed by atoms with Crippen LogP contribution in [-0.4, -0.2) is 45.7 Å². The van der Waals surface area contributed by atoms with Crippen LogP contribution in [-0.2, 0) is 17.8 Å². The number of guanidine groups is 1. The maximum Gasteiger partial charge on any atom is 0.242 e. The van der Waals surface area contributed by atoms with Gasteiger partial charge in [-0.05, 0) is 49.6 Å². The molecule has 2 rings (SSSR count). The number of hydrogen-bond donors (Lipinski definition) is 3. The summed E-state index contributed by atoms with van der Waals surface area (Å²) in [6.07, 6.45) is 0.791. The van der Waals surface area contributed by atoms with Crippen molar-refractivity contribution in [1.82, 2.24) is 16.0 Å². The Morgan fingerprint density at radius 1 is 1.00 bits per heavy atom. The fourth-order valence-electron chi connectivity index (χ4n) is 2.91. The van der Waals surface area contributed by atoms with Crippen molar-refractivity contribution >= 4 is 11.9 Å². The fourth-order valence-corrected chi connectivity index (χ4v) is 2.91. The molecule has 2 aromatic carbocycles. The molecule has 0 fully saturated rings. The predicted octanol–water partition coefficient (Wildman–Crippen LogP) is 2.43. The Balaban J connectivity index is 1.82. The Bertz CT molecular complexity index is 835. The first-order valence-electron chi connectivity index (χ1n) is 10.1. The van der Waals surface area contributed by atoms with Crippen LogP contribution in [0.15, 0.2) is 47.5 Å². The number of ether oxygens (including phenoxy) is 2. The SMILES string of the molecule is CCNC(=NCC(=O)NCc1ccc(OC)cc1)NCCc1cc(C)ccc1OC. The molecule has 0 saturated heterocycles. The van der Waals surface area contributed by atoms with Crippen LogP contribution in [0.25, 0.3) is 0 Å². The summed E-state index contributed by atoms with van der Waals surface area (Å²) < 4.78 is 10.6. The largest absolute Gasteiger partial charge is 0.497 e. The molecule has 3 N–H and O–H groups in total. The van der Waals surface area contributed by atoms with Gasteiger partial charge in [-0.1, -0.05) is 29.8 Å². The Morgan fingerprint density at radius 3 is 2.43 bits per heavy atom. The minimum atomic E-state index is -0.136. The van der Waals surface area contributed by atoms with Crippen molar-refractivity contribution in [3.05, 3.63) is 59.2 Å². The van der Waals surface area contributed by atoms with E-state index in [2.05, 4.69) is 33.9 Å². The van der Waals surface area contributed by atoms with E-state index in [1.54, 1.807) is 14.2 Å². The molecule has 0 aromatic heterocycles. The third-order valence-electron chi connectivity index (χ3n) is 4.50. The second-order valence-electron chi connectivity index (χ2n) is 6.81. The van der Waals surface area contributed by atoms with Gasteiger partial charge in [0.2, 0.25) is 5.91 Å². The number of amides is 1. The average Bonchev–Trinajstić information content (AvgIpc) is 2.76. The summed E-state index contributed by atoms with van der Waals surface area (Å²) in [5, 5.41) is 9.31. The van der Waals surface area contributed by atoms with Gasteiger partial charge in [0.15, 0.2) is 5.96 Å². The molecule has 0 saturated carbocycles. The van der Waals surface area contributed by atoms with Gasteiger partial charge < -0.3 is 25.4 Å². The highest BCUT2D eigenvalue weighted by Gasteiger charge is 2.06. The summed E-state index contributed by atoms with van der Waals surface area (Å²) in [7, 11) is 3.31. The monoisotopic (exact) mass is 412 g/mol. The molecule has 0 radical (unpaired) electrons. The molecule has 7 nitrogen and oxygen atoms in total. The molecular formula is C23H32N4O3. The average molecular weight is 413 g/mol. The molecule has 0 aliphatic heterocycles. The summed E-state index contributed by atoms with van der Waals surface area (Å²) in [5.41, 5.74) is 3.34. The first kappa shape index (κ1) is 23.1. The van der Waals surface area contributed by atoms with Gasteiger partial charge in [-0.3, -0.25) is 4.79 Å². The van der Waals surface area contributed by atoms with E-state index in [9.17, 15) is 4.79 Å². The number of methoxy groups -OCH3 is 2. The van der Waals surface area contributed by atoms with Crippen LogP contribution in [0.3, 0.4) is 0 Å². The minimum Gasteiger partial charge on any atom is -0.497 e. The molecule has 0 aliphatic rings. The zero-order chi connectivity index (χ0) is 21.8. The van der Waals surface area contributed by atoms with Crippen LogP contribution in [0.5, 0.6) is 11.5 Å². The van der Waals surface area contributed by atoms with Crippen LogP contribution >= 0.6 is 0 Å². The highest BCUT2D eigenvalue weighted by Crippen LogP contribution is 2.19. The van der Waals surface area contributed by atoms with Crippen molar-refractivity contribution < 1.29 is 14.3 Å². The zero-order valence-electron chi connectivity index (χ0n) is 18.2. The van der Waals surface area contributed by atoms with Gasteiger partial charge in [0, 0.05) is 19.6 Å². The van der Waals surface area contributed by atoms with Crippen molar-refractivity contribution in [2.24, 2.45) is 4.99 Å². The molecule has 7 heteroatoms. The number of rotatable bonds is 10. The number of aryl methyl sites for hydroxylation is 1. The molecule has 162 valence electrons. The lowest BCUT2D eigenvalue weighted by molar-refractivity contribution is -0.119. The quantitative estimate of drug-likeness (QED) is 0.412. The molecular weight excluding hydrogens is 380 g/mol. The van der Waals surface area contributed by atoms with E-state index in [0.717, 1.165) is 29.0 Å². The van der Waals surface area contributed by atoms with Gasteiger partial charge in [-0.15, -0.1) is 0 Å². The number of hydrogen-bond acceptors (Lipinski definition) is 4. The first-order valence-corrected chi connectivity index (χ1v) is 10.1. The number of carbonyl (C=O) groups is 1. The van der Waals surface area contributed by atoms with Gasteiger partial charge in [-0.25, -0.2) is 4.99 Å². The highest BCUT2D eigenvalue weighted by molar-refractivity contribution is 5.84. The Morgan fingerprint density at radius 2 is 1.77 bits per heavy atom. The van der Waals surface area contributed by atoms with Gasteiger partial charge >= 0.3 is 0 Å². The van der Waals surface area contributed by atoms with E-state index in [1.165, 1.54) is 5.56 Å². The van der Waals surface area contributed by atoms with E-state index in [1.807, 2.05) is 43.3 Å². The van der Waals surface area contributed by atoms with Gasteiger partial charge in [0.25, 0.3) is 0 Å². The second-order valence-corrected chi connectivity index (χ2v) is 6.81. The number of nitrogens with one attached hydrogen (secondary N) is 3. The molecule has 1 amide bonds. The Kier molecular flexibility index (Phi) is 9.51. The third kappa shape index (κ3) is 7.66. The van der Waals surface area contributed by atoms with Crippen molar-refractivity contribution in [2.45, 2.75) is 26.8 Å². The van der Waals surface area contributed by atoms with Gasteiger partial charge in [-0.2, -0.15) is 0 Å². The maximum absolute atomic E-state index is 12.1. The lowest BCUT2D eigenvalue weighted by Crippen LogP contribution is -2.39. The molecule has 0 unspecified atom stereocenters. The summed E-state index contributed by atoms with van der Waals surface area (Å²) >= 11 is 0. The molecule has 0 spiro atoms. The Hall–Kier alpha value is -3.22. The maximum atomic E-state index is 12.1. The number of nitrogens with zero attached hydrogens (tertiary/aromatic N) is 1. The molecule has 0 atom stereocenters. The van der Waals surface area contributed by atoms with Crippen molar-refractivity contribution in [3.8, 4) is 11.5 Å². The van der Waals surface area contributed by atoms with E-state index in [0.29, 0.717) is 25.6 Å². The van der Waals surface area contributed by atoms with E-state index in [-0.39, 0.29) is 12.5 Å². The zero-order valence-corrected chi connectivity index (χ0v) is 18.2. The molecule has 30 heavy (non-hydrogen) atoms. The molecule has 0 bridgehead atoms. The van der Waals surface area contributed by atoms with Crippen molar-refractivity contribution in [1.29, 1.82) is 0 Å². The molecule has 0 aliphatic carbocycles. The van der Waals surface area contributed by atoms with Crippen LogP contribution in [0, 0.1) is 6.92 Å². The minimum absolute atomic E-state index is 0.0548. The summed E-state index contributed by atoms with van der Waals surface area (Å²) in [4.78, 5) is 16.5. The van der Waals surface area contributed by atoms with Gasteiger partial charge in [0.1, 0.15) is 18.0 Å². The number of carbonyl (C=O) groups excluding carboxylic acids is 1. The summed E-state index contributed by atoms with van der Waals surface area (Å²) in [6.45, 7) is 5.96. The van der Waals surface area contributed by atoms with E-state index < -0.39 is 0 Å². The fraction of sp³-hybridized carbons (Fsp3) is 0.391. The standard InChI is InChI=1S/C23H32N4O3/c1-5-24-23(25-13-12-19-14-17(2)6-11-21(19)30-4)27-16-22(28)26-15-18-7-9-20(29-3)10-8-18/h6-11,14H,5,12-13,15-16H2,1-4H3,(H,26,28)(H2,24,25,27). The summed E-state index contributed by atoms with van der Waals surface area (Å²) in [6, 6.07) is 13.7. The van der Waals surface area contributed by atoms with Crippen LogP contribution < -0.4 is 25.4 Å². The summed E-state index contributed by atoms with van der Waals surface area (Å²) in [5.74, 6) is 2.15. The molecule has 0 heterocycles. The topological polar surface area (TPSA) is 84.0 Å². The van der Waals surface area contributed by atoms with Crippen LogP contribution in [0.2, 0.25) is 0 Å². The lowest BCUT2D eigenvalue weighted by atomic mass is 10.1. The van der Waals surface area contributed by atoms with Crippen molar-refractivity contribution in [2.75, 3.05) is 33.9 Å². The predicted molar refractivity (Wildman–Crippen MR) is 120 cm³/mol. The van der Waals surface area contributed by atoms with Gasteiger partial charge in [0.05, 0.1) is 14.2 Å². The highest BCUT2D eigenvalue weighted by atomic mass is 16.5. The van der Waals surface area contributed by atoms with Crippen LogP contribution in [0.4, 0.5) is 0 Å². The van der Waals surface area contributed by atoms with Crippen molar-refractivity contribution in [3.63, 3.8) is 0 Å². The third-order valence-corrected chi connectivity index (χ3v) is 4.50. The number of aliphatic imine (C=N–C) groups is 1.